The third kappa shape index (κ3) is 2.98. The molecule has 0 unspecified atom stereocenters. The molecule has 1 heterocycles. The van der Waals surface area contributed by atoms with Crippen LogP contribution in [0.15, 0.2) is 47.5 Å². The van der Waals surface area contributed by atoms with Gasteiger partial charge in [-0.2, -0.15) is 0 Å². The van der Waals surface area contributed by atoms with Gasteiger partial charge < -0.3 is 4.98 Å². The van der Waals surface area contributed by atoms with Crippen molar-refractivity contribution in [2.45, 2.75) is 4.90 Å². The van der Waals surface area contributed by atoms with Gasteiger partial charge in [-0.15, -0.1) is 4.83 Å². The van der Waals surface area contributed by atoms with E-state index in [1.807, 2.05) is 10.3 Å². The molecule has 0 saturated carbocycles. The maximum Gasteiger partial charge on any atom is 0.282 e. The molecule has 0 spiro atoms. The van der Waals surface area contributed by atoms with Gasteiger partial charge >= 0.3 is 0 Å². The van der Waals surface area contributed by atoms with Crippen molar-refractivity contribution in [2.75, 3.05) is 0 Å². The van der Waals surface area contributed by atoms with Crippen molar-refractivity contribution in [1.82, 2.24) is 15.2 Å². The Morgan fingerprint density at radius 1 is 1.16 bits per heavy atom. The average Bonchev–Trinajstić information content (AvgIpc) is 2.90. The first-order valence-electron chi connectivity index (χ1n) is 5.21. The Morgan fingerprint density at radius 3 is 2.53 bits per heavy atom. The molecule has 1 aromatic carbocycles. The van der Waals surface area contributed by atoms with Crippen LogP contribution in [0.3, 0.4) is 0 Å². The van der Waals surface area contributed by atoms with Crippen LogP contribution < -0.4 is 10.3 Å². The SMILES string of the molecule is O=C(NNS(=O)(=O)c1ccccc1F)c1ccc[nH]1. The number of nitrogens with one attached hydrogen (secondary N) is 3. The molecule has 100 valence electrons. The van der Waals surface area contributed by atoms with Gasteiger partial charge in [0.05, 0.1) is 0 Å². The minimum Gasteiger partial charge on any atom is -0.357 e. The lowest BCUT2D eigenvalue weighted by molar-refractivity contribution is 0.0940. The van der Waals surface area contributed by atoms with E-state index in [2.05, 4.69) is 4.98 Å². The third-order valence-electron chi connectivity index (χ3n) is 2.27. The van der Waals surface area contributed by atoms with Crippen LogP contribution in [0.1, 0.15) is 10.5 Å². The molecule has 0 atom stereocenters. The van der Waals surface area contributed by atoms with Crippen molar-refractivity contribution in [2.24, 2.45) is 0 Å². The molecule has 1 aromatic heterocycles. The number of carbonyl (C=O) groups excluding carboxylic acids is 1. The predicted octanol–water partition coefficient (Wildman–Crippen LogP) is 0.777. The molecule has 1 amide bonds. The minimum absolute atomic E-state index is 0.177. The van der Waals surface area contributed by atoms with Crippen LogP contribution in [0.5, 0.6) is 0 Å². The Hall–Kier alpha value is -2.19. The van der Waals surface area contributed by atoms with Crippen molar-refractivity contribution in [3.8, 4) is 0 Å². The van der Waals surface area contributed by atoms with E-state index < -0.39 is 26.6 Å². The summed E-state index contributed by atoms with van der Waals surface area (Å²) in [7, 11) is -4.15. The van der Waals surface area contributed by atoms with Gasteiger partial charge in [-0.1, -0.05) is 12.1 Å². The van der Waals surface area contributed by atoms with Crippen LogP contribution in [0.4, 0.5) is 4.39 Å². The Bertz CT molecular complexity index is 683. The van der Waals surface area contributed by atoms with Crippen molar-refractivity contribution < 1.29 is 17.6 Å². The molecule has 19 heavy (non-hydrogen) atoms. The van der Waals surface area contributed by atoms with Crippen LogP contribution in [0.25, 0.3) is 0 Å². The van der Waals surface area contributed by atoms with E-state index in [0.29, 0.717) is 0 Å². The number of sulfonamides is 1. The van der Waals surface area contributed by atoms with Gasteiger partial charge in [-0.3, -0.25) is 10.2 Å². The monoisotopic (exact) mass is 283 g/mol. The molecule has 2 rings (SSSR count). The molecule has 8 heteroatoms. The highest BCUT2D eigenvalue weighted by Crippen LogP contribution is 2.12. The number of benzene rings is 1. The lowest BCUT2D eigenvalue weighted by Crippen LogP contribution is -2.41. The topological polar surface area (TPSA) is 91.1 Å². The molecule has 2 aromatic rings. The van der Waals surface area contributed by atoms with Crippen molar-refractivity contribution in [1.29, 1.82) is 0 Å². The van der Waals surface area contributed by atoms with E-state index >= 15 is 0 Å². The van der Waals surface area contributed by atoms with E-state index in [1.54, 1.807) is 6.07 Å². The van der Waals surface area contributed by atoms with E-state index in [9.17, 15) is 17.6 Å². The highest BCUT2D eigenvalue weighted by atomic mass is 32.2. The zero-order valence-corrected chi connectivity index (χ0v) is 10.4. The second kappa shape index (κ2) is 5.21. The number of aromatic nitrogens is 1. The Labute approximate surface area is 108 Å². The standard InChI is InChI=1S/C11H10FN3O3S/c12-8-4-1-2-6-10(8)19(17,18)15-14-11(16)9-5-3-7-13-9/h1-7,13,15H,(H,14,16). The maximum absolute atomic E-state index is 13.3. The molecule has 0 bridgehead atoms. The Morgan fingerprint density at radius 2 is 1.89 bits per heavy atom. The molecular weight excluding hydrogens is 273 g/mol. The maximum atomic E-state index is 13.3. The summed E-state index contributed by atoms with van der Waals surface area (Å²) >= 11 is 0. The summed E-state index contributed by atoms with van der Waals surface area (Å²) in [6.07, 6.45) is 1.51. The summed E-state index contributed by atoms with van der Waals surface area (Å²) in [6.45, 7) is 0. The minimum atomic E-state index is -4.15. The first-order chi connectivity index (χ1) is 9.00. The second-order valence-corrected chi connectivity index (χ2v) is 5.22. The van der Waals surface area contributed by atoms with Gasteiger partial charge in [-0.25, -0.2) is 12.8 Å². The summed E-state index contributed by atoms with van der Waals surface area (Å²) in [6, 6.07) is 7.91. The fourth-order valence-electron chi connectivity index (χ4n) is 1.37. The van der Waals surface area contributed by atoms with Crippen LogP contribution in [0.2, 0.25) is 0 Å². The normalized spacial score (nSPS) is 11.2. The zero-order valence-electron chi connectivity index (χ0n) is 9.55. The smallest absolute Gasteiger partial charge is 0.282 e. The summed E-state index contributed by atoms with van der Waals surface area (Å²) in [5.41, 5.74) is 2.15. The molecule has 0 aliphatic rings. The number of carbonyl (C=O) groups is 1. The van der Waals surface area contributed by atoms with E-state index in [0.717, 1.165) is 12.1 Å². The highest BCUT2D eigenvalue weighted by molar-refractivity contribution is 7.89. The molecule has 6 nitrogen and oxygen atoms in total. The van der Waals surface area contributed by atoms with Crippen LogP contribution in [0, 0.1) is 5.82 Å². The Balaban J connectivity index is 2.11. The number of hydrogen-bond acceptors (Lipinski definition) is 3. The van der Waals surface area contributed by atoms with Gasteiger partial charge in [0.1, 0.15) is 16.4 Å². The van der Waals surface area contributed by atoms with Crippen LogP contribution in [-0.2, 0) is 10.0 Å². The zero-order chi connectivity index (χ0) is 13.9. The molecule has 0 radical (unpaired) electrons. The van der Waals surface area contributed by atoms with Gasteiger partial charge in [-0.05, 0) is 24.3 Å². The quantitative estimate of drug-likeness (QED) is 0.724. The van der Waals surface area contributed by atoms with E-state index in [1.165, 1.54) is 24.4 Å². The van der Waals surface area contributed by atoms with Crippen molar-refractivity contribution in [3.63, 3.8) is 0 Å². The fraction of sp³-hybridized carbons (Fsp3) is 0. The average molecular weight is 283 g/mol. The molecule has 0 aliphatic carbocycles. The Kier molecular flexibility index (Phi) is 3.63. The summed E-state index contributed by atoms with van der Waals surface area (Å²) in [4.78, 5) is 15.4. The number of hydrogen-bond donors (Lipinski definition) is 3. The number of rotatable bonds is 4. The fourth-order valence-corrected chi connectivity index (χ4v) is 2.29. The highest BCUT2D eigenvalue weighted by Gasteiger charge is 2.19. The van der Waals surface area contributed by atoms with E-state index in [4.69, 9.17) is 0 Å². The summed E-state index contributed by atoms with van der Waals surface area (Å²) in [5.74, 6) is -1.57. The number of hydrazine groups is 1. The third-order valence-corrected chi connectivity index (χ3v) is 3.55. The van der Waals surface area contributed by atoms with Crippen molar-refractivity contribution in [3.05, 3.63) is 54.1 Å². The van der Waals surface area contributed by atoms with Gasteiger partial charge in [0.15, 0.2) is 0 Å². The summed E-state index contributed by atoms with van der Waals surface area (Å²) in [5, 5.41) is 0. The first-order valence-corrected chi connectivity index (χ1v) is 6.69. The van der Waals surface area contributed by atoms with Gasteiger partial charge in [0.2, 0.25) is 0 Å². The van der Waals surface area contributed by atoms with Crippen LogP contribution in [-0.4, -0.2) is 19.3 Å². The van der Waals surface area contributed by atoms with E-state index in [-0.39, 0.29) is 5.69 Å². The number of aromatic amines is 1. The lowest BCUT2D eigenvalue weighted by atomic mass is 10.4. The number of H-pyrrole nitrogens is 1. The molecular formula is C11H10FN3O3S. The second-order valence-electron chi connectivity index (χ2n) is 3.57. The van der Waals surface area contributed by atoms with Crippen LogP contribution >= 0.6 is 0 Å². The van der Waals surface area contributed by atoms with Gasteiger partial charge in [0, 0.05) is 6.20 Å². The molecule has 3 N–H and O–H groups in total. The summed E-state index contributed by atoms with van der Waals surface area (Å²) < 4.78 is 36.8. The molecule has 0 fully saturated rings. The number of amides is 1. The van der Waals surface area contributed by atoms with Crippen molar-refractivity contribution >= 4 is 15.9 Å². The largest absolute Gasteiger partial charge is 0.357 e. The lowest BCUT2D eigenvalue weighted by Gasteiger charge is -2.08. The van der Waals surface area contributed by atoms with Gasteiger partial charge in [0.25, 0.3) is 15.9 Å². The molecule has 0 aliphatic heterocycles. The molecule has 0 saturated heterocycles. The first kappa shape index (κ1) is 13.2. The predicted molar refractivity (Wildman–Crippen MR) is 65.0 cm³/mol. The number of halogens is 1.